The number of carbonyl (C=O) groups excluding carboxylic acids is 2. The molecule has 0 fully saturated rings. The van der Waals surface area contributed by atoms with Gasteiger partial charge in [0.15, 0.2) is 5.96 Å². The van der Waals surface area contributed by atoms with Crippen LogP contribution in [0.25, 0.3) is 0 Å². The fraction of sp³-hybridized carbons (Fsp3) is 0.607. The van der Waals surface area contributed by atoms with E-state index < -0.39 is 0 Å². The maximum Gasteiger partial charge on any atom is 0.243 e. The molecule has 35 heavy (non-hydrogen) atoms. The lowest BCUT2D eigenvalue weighted by Gasteiger charge is -2.23. The van der Waals surface area contributed by atoms with Gasteiger partial charge in [0.1, 0.15) is 0 Å². The van der Waals surface area contributed by atoms with E-state index in [1.165, 1.54) is 0 Å². The predicted octanol–water partition coefficient (Wildman–Crippen LogP) is 4.76. The van der Waals surface area contributed by atoms with Gasteiger partial charge in [0, 0.05) is 38.7 Å². The highest BCUT2D eigenvalue weighted by molar-refractivity contribution is 5.87. The number of nitrogens with one attached hydrogen (secondary N) is 1. The molecule has 0 rings (SSSR count). The second-order valence-electron chi connectivity index (χ2n) is 8.80. The molecule has 0 atom stereocenters. The van der Waals surface area contributed by atoms with E-state index in [4.69, 9.17) is 11.5 Å². The third-order valence-electron chi connectivity index (χ3n) is 5.10. The average molecular weight is 488 g/mol. The van der Waals surface area contributed by atoms with Crippen LogP contribution in [0.2, 0.25) is 0 Å². The van der Waals surface area contributed by atoms with Crippen LogP contribution in [0, 0.1) is 0 Å². The molecule has 0 aromatic rings. The zero-order valence-electron chi connectivity index (χ0n) is 22.3. The largest absolute Gasteiger partial charge is 0.370 e. The number of nitrogens with two attached hydrogens (primary N) is 2. The van der Waals surface area contributed by atoms with Crippen molar-refractivity contribution in [3.05, 3.63) is 48.1 Å². The van der Waals surface area contributed by atoms with Crippen LogP contribution in [0.1, 0.15) is 85.0 Å². The van der Waals surface area contributed by atoms with E-state index in [1.54, 1.807) is 6.08 Å². The Morgan fingerprint density at radius 2 is 1.51 bits per heavy atom. The molecule has 0 saturated carbocycles. The van der Waals surface area contributed by atoms with Crippen molar-refractivity contribution in [2.24, 2.45) is 16.5 Å². The average Bonchev–Trinajstić information content (AvgIpc) is 2.80. The van der Waals surface area contributed by atoms with Gasteiger partial charge in [-0.05, 0) is 71.6 Å². The number of guanidine groups is 1. The highest BCUT2D eigenvalue weighted by atomic mass is 16.2. The van der Waals surface area contributed by atoms with Crippen molar-refractivity contribution in [3.63, 3.8) is 0 Å². The van der Waals surface area contributed by atoms with Crippen LogP contribution in [0.3, 0.4) is 0 Å². The number of unbranched alkanes of at least 4 members (excludes halogenated alkanes) is 3. The number of aliphatic imine (C=N–C) groups is 1. The van der Waals surface area contributed by atoms with E-state index in [1.807, 2.05) is 18.7 Å². The van der Waals surface area contributed by atoms with E-state index in [9.17, 15) is 9.59 Å². The summed E-state index contributed by atoms with van der Waals surface area (Å²) in [4.78, 5) is 30.5. The highest BCUT2D eigenvalue weighted by Gasteiger charge is 2.12. The monoisotopic (exact) mass is 487 g/mol. The van der Waals surface area contributed by atoms with Crippen LogP contribution in [0.4, 0.5) is 0 Å². The summed E-state index contributed by atoms with van der Waals surface area (Å²) >= 11 is 0. The lowest BCUT2D eigenvalue weighted by molar-refractivity contribution is -0.131. The molecule has 0 bridgehead atoms. The SMILES string of the molecule is CC/C=C\C/C=C\C/C=C\CCCC(=O)N(CCCCCN=C(N)N)CCCNC(=O)C=C(C)C. The van der Waals surface area contributed by atoms with Crippen LogP contribution in [0.15, 0.2) is 53.1 Å². The first-order valence-corrected chi connectivity index (χ1v) is 13.1. The van der Waals surface area contributed by atoms with E-state index in [2.05, 4.69) is 53.7 Å². The Kier molecular flexibility index (Phi) is 21.1. The molecule has 0 aliphatic heterocycles. The lowest BCUT2D eigenvalue weighted by Crippen LogP contribution is -2.35. The van der Waals surface area contributed by atoms with E-state index in [0.717, 1.165) is 69.9 Å². The Labute approximate surface area is 213 Å². The first kappa shape index (κ1) is 32.2. The zero-order chi connectivity index (χ0) is 26.2. The summed E-state index contributed by atoms with van der Waals surface area (Å²) in [5.74, 6) is 0.216. The number of carbonyl (C=O) groups is 2. The molecule has 0 aromatic heterocycles. The fourth-order valence-corrected chi connectivity index (χ4v) is 3.31. The first-order valence-electron chi connectivity index (χ1n) is 13.1. The van der Waals surface area contributed by atoms with Crippen molar-refractivity contribution in [2.75, 3.05) is 26.2 Å². The minimum absolute atomic E-state index is 0.0818. The molecule has 198 valence electrons. The minimum atomic E-state index is -0.0818. The zero-order valence-corrected chi connectivity index (χ0v) is 22.3. The third kappa shape index (κ3) is 22.7. The molecule has 0 heterocycles. The summed E-state index contributed by atoms with van der Waals surface area (Å²) < 4.78 is 0. The molecule has 7 nitrogen and oxygen atoms in total. The highest BCUT2D eigenvalue weighted by Crippen LogP contribution is 2.07. The topological polar surface area (TPSA) is 114 Å². The van der Waals surface area contributed by atoms with Crippen LogP contribution in [-0.4, -0.2) is 48.9 Å². The van der Waals surface area contributed by atoms with Crippen LogP contribution < -0.4 is 16.8 Å². The summed E-state index contributed by atoms with van der Waals surface area (Å²) in [5.41, 5.74) is 11.7. The Morgan fingerprint density at radius 3 is 2.17 bits per heavy atom. The summed E-state index contributed by atoms with van der Waals surface area (Å²) in [6.07, 6.45) is 23.4. The predicted molar refractivity (Wildman–Crippen MR) is 149 cm³/mol. The normalized spacial score (nSPS) is 11.3. The van der Waals surface area contributed by atoms with Crippen LogP contribution >= 0.6 is 0 Å². The molecule has 0 aromatic carbocycles. The van der Waals surface area contributed by atoms with Gasteiger partial charge in [-0.1, -0.05) is 49.0 Å². The van der Waals surface area contributed by atoms with Crippen molar-refractivity contribution < 1.29 is 9.59 Å². The van der Waals surface area contributed by atoms with Crippen molar-refractivity contribution in [2.45, 2.75) is 85.0 Å². The van der Waals surface area contributed by atoms with Gasteiger partial charge in [-0.3, -0.25) is 14.6 Å². The molecule has 0 unspecified atom stereocenters. The number of allylic oxidation sites excluding steroid dienone is 7. The number of nitrogens with zero attached hydrogens (tertiary/aromatic N) is 2. The third-order valence-corrected chi connectivity index (χ3v) is 5.10. The summed E-state index contributed by atoms with van der Waals surface area (Å²) in [7, 11) is 0. The van der Waals surface area contributed by atoms with Gasteiger partial charge in [0.25, 0.3) is 0 Å². The summed E-state index contributed by atoms with van der Waals surface area (Å²) in [5, 5.41) is 2.88. The Hall–Kier alpha value is -2.83. The van der Waals surface area contributed by atoms with Gasteiger partial charge in [-0.2, -0.15) is 0 Å². The first-order chi connectivity index (χ1) is 16.9. The quantitative estimate of drug-likeness (QED) is 0.0755. The Bertz CT molecular complexity index is 715. The maximum absolute atomic E-state index is 12.8. The second kappa shape index (κ2) is 22.9. The van der Waals surface area contributed by atoms with Crippen LogP contribution in [0.5, 0.6) is 0 Å². The minimum Gasteiger partial charge on any atom is -0.370 e. The molecule has 0 aliphatic rings. The van der Waals surface area contributed by atoms with E-state index in [-0.39, 0.29) is 17.8 Å². The molecule has 5 N–H and O–H groups in total. The molecule has 0 spiro atoms. The number of amides is 2. The van der Waals surface area contributed by atoms with E-state index in [0.29, 0.717) is 26.1 Å². The number of hydrogen-bond acceptors (Lipinski definition) is 3. The molecule has 7 heteroatoms. The molecule has 0 radical (unpaired) electrons. The number of rotatable bonds is 20. The van der Waals surface area contributed by atoms with Gasteiger partial charge >= 0.3 is 0 Å². The van der Waals surface area contributed by atoms with E-state index >= 15 is 0 Å². The van der Waals surface area contributed by atoms with Crippen LogP contribution in [-0.2, 0) is 9.59 Å². The number of hydrogen-bond donors (Lipinski definition) is 3. The standard InChI is InChI=1S/C28H49N5O2/c1-4-5-6-7-8-9-10-11-12-13-15-19-27(35)33(22-17-14-16-20-32-28(29)30)23-18-21-31-26(34)24-25(2)3/h5-6,8-9,11-12,24H,4,7,10,13-23H2,1-3H3,(H,31,34)(H4,29,30,32)/b6-5-,9-8-,12-11-. The molecule has 0 aliphatic carbocycles. The molecular formula is C28H49N5O2. The van der Waals surface area contributed by atoms with Crippen molar-refractivity contribution in [3.8, 4) is 0 Å². The summed E-state index contributed by atoms with van der Waals surface area (Å²) in [6, 6.07) is 0. The van der Waals surface area contributed by atoms with Crippen molar-refractivity contribution in [1.29, 1.82) is 0 Å². The lowest BCUT2D eigenvalue weighted by atomic mass is 10.1. The molecular weight excluding hydrogens is 438 g/mol. The van der Waals surface area contributed by atoms with Gasteiger partial charge in [0.05, 0.1) is 0 Å². The Morgan fingerprint density at radius 1 is 0.857 bits per heavy atom. The van der Waals surface area contributed by atoms with Gasteiger partial charge < -0.3 is 21.7 Å². The maximum atomic E-state index is 12.8. The van der Waals surface area contributed by atoms with Gasteiger partial charge in [0.2, 0.25) is 11.8 Å². The second-order valence-corrected chi connectivity index (χ2v) is 8.80. The van der Waals surface area contributed by atoms with Gasteiger partial charge in [-0.15, -0.1) is 0 Å². The molecule has 0 saturated heterocycles. The van der Waals surface area contributed by atoms with Crippen molar-refractivity contribution in [1.82, 2.24) is 10.2 Å². The van der Waals surface area contributed by atoms with Crippen molar-refractivity contribution >= 4 is 17.8 Å². The fourth-order valence-electron chi connectivity index (χ4n) is 3.31. The molecule has 2 amide bonds. The smallest absolute Gasteiger partial charge is 0.243 e. The van der Waals surface area contributed by atoms with Gasteiger partial charge in [-0.25, -0.2) is 0 Å². The Balaban J connectivity index is 4.39. The summed E-state index contributed by atoms with van der Waals surface area (Å²) in [6.45, 7) is 8.46.